The summed E-state index contributed by atoms with van der Waals surface area (Å²) in [5.41, 5.74) is 2.47. The Labute approximate surface area is 87.9 Å². The van der Waals surface area contributed by atoms with Crippen LogP contribution in [0.1, 0.15) is 18.1 Å². The van der Waals surface area contributed by atoms with Gasteiger partial charge in [0.05, 0.1) is 0 Å². The first-order valence-corrected chi connectivity index (χ1v) is 3.24. The quantitative estimate of drug-likeness (QED) is 0.621. The summed E-state index contributed by atoms with van der Waals surface area (Å²) in [5.74, 6) is 0. The molecular weight excluding hydrogens is 197 g/mol. The zero-order chi connectivity index (χ0) is 6.69. The van der Waals surface area contributed by atoms with Crippen molar-refractivity contribution in [2.45, 2.75) is 13.3 Å². The van der Waals surface area contributed by atoms with Crippen molar-refractivity contribution >= 4 is 0 Å². The van der Waals surface area contributed by atoms with Gasteiger partial charge in [-0.2, -0.15) is 24.6 Å². The largest absolute Gasteiger partial charge is 0.199 e. The Bertz CT molecular complexity index is 176. The second kappa shape index (κ2) is 4.93. The summed E-state index contributed by atoms with van der Waals surface area (Å²) in [6.07, 6.45) is 1.11. The van der Waals surface area contributed by atoms with Crippen molar-refractivity contribution in [1.29, 1.82) is 0 Å². The van der Waals surface area contributed by atoms with Crippen LogP contribution in [0.4, 0.5) is 0 Å². The molecular formula is C9H11Y-. The van der Waals surface area contributed by atoms with E-state index in [1.807, 2.05) is 12.1 Å². The minimum absolute atomic E-state index is 0. The van der Waals surface area contributed by atoms with Gasteiger partial charge in [0.2, 0.25) is 0 Å². The summed E-state index contributed by atoms with van der Waals surface area (Å²) in [5, 5.41) is 0. The monoisotopic (exact) mass is 208 g/mol. The van der Waals surface area contributed by atoms with Crippen molar-refractivity contribution in [3.8, 4) is 0 Å². The fourth-order valence-corrected chi connectivity index (χ4v) is 0.775. The van der Waals surface area contributed by atoms with E-state index in [1.165, 1.54) is 5.56 Å². The third-order valence-corrected chi connectivity index (χ3v) is 1.43. The van der Waals surface area contributed by atoms with Crippen molar-refractivity contribution in [3.05, 3.63) is 42.3 Å². The Morgan fingerprint density at radius 1 is 1.20 bits per heavy atom. The van der Waals surface area contributed by atoms with E-state index in [0.29, 0.717) is 0 Å². The average molecular weight is 208 g/mol. The molecule has 0 bridgehead atoms. The number of hydrogen-bond acceptors (Lipinski definition) is 0. The molecule has 1 rings (SSSR count). The molecule has 0 saturated carbocycles. The average Bonchev–Trinajstić information content (AvgIpc) is 1.90. The second-order valence-electron chi connectivity index (χ2n) is 2.17. The summed E-state index contributed by atoms with van der Waals surface area (Å²) < 4.78 is 0. The Morgan fingerprint density at radius 2 is 1.70 bits per heavy atom. The molecule has 0 aromatic heterocycles. The van der Waals surface area contributed by atoms with E-state index in [2.05, 4.69) is 26.0 Å². The predicted molar refractivity (Wildman–Crippen MR) is 40.3 cm³/mol. The summed E-state index contributed by atoms with van der Waals surface area (Å²) >= 11 is 0. The zero-order valence-corrected chi connectivity index (χ0v) is 9.14. The van der Waals surface area contributed by atoms with E-state index in [-0.39, 0.29) is 32.7 Å². The molecule has 0 heterocycles. The molecule has 0 spiro atoms. The molecule has 0 aliphatic carbocycles. The Morgan fingerprint density at radius 3 is 2.10 bits per heavy atom. The molecule has 1 heteroatoms. The van der Waals surface area contributed by atoms with E-state index in [0.717, 1.165) is 12.0 Å². The van der Waals surface area contributed by atoms with Crippen LogP contribution in [-0.4, -0.2) is 0 Å². The molecule has 1 aromatic rings. The first-order chi connectivity index (χ1) is 4.33. The molecule has 1 aromatic carbocycles. The van der Waals surface area contributed by atoms with Crippen molar-refractivity contribution in [1.82, 2.24) is 0 Å². The van der Waals surface area contributed by atoms with Gasteiger partial charge in [-0.25, -0.2) is 0 Å². The van der Waals surface area contributed by atoms with Crippen LogP contribution in [0.5, 0.6) is 0 Å². The molecule has 0 nitrogen and oxygen atoms in total. The van der Waals surface area contributed by atoms with Crippen LogP contribution in [0.25, 0.3) is 0 Å². The molecule has 0 aliphatic heterocycles. The van der Waals surface area contributed by atoms with E-state index in [4.69, 9.17) is 0 Å². The first kappa shape index (κ1) is 10.2. The minimum atomic E-state index is 0. The van der Waals surface area contributed by atoms with Crippen LogP contribution in [0, 0.1) is 6.92 Å². The maximum atomic E-state index is 3.80. The van der Waals surface area contributed by atoms with Crippen molar-refractivity contribution in [2.24, 2.45) is 0 Å². The molecule has 1 radical (unpaired) electrons. The van der Waals surface area contributed by atoms with Crippen molar-refractivity contribution < 1.29 is 32.7 Å². The molecule has 0 N–H and O–H groups in total. The fourth-order valence-electron chi connectivity index (χ4n) is 0.775. The number of hydrogen-bond donors (Lipinski definition) is 0. The Hall–Kier alpha value is 0.194. The molecule has 51 valence electrons. The summed E-state index contributed by atoms with van der Waals surface area (Å²) in [7, 11) is 0. The topological polar surface area (TPSA) is 0 Å². The Balaban J connectivity index is 0.000000810. The molecule has 10 heavy (non-hydrogen) atoms. The van der Waals surface area contributed by atoms with E-state index in [1.54, 1.807) is 0 Å². The molecule has 0 amide bonds. The number of benzene rings is 1. The molecule has 0 fully saturated rings. The van der Waals surface area contributed by atoms with Crippen LogP contribution in [0.2, 0.25) is 0 Å². The smallest absolute Gasteiger partial charge is 0 e. The number of rotatable bonds is 1. The third kappa shape index (κ3) is 2.85. The summed E-state index contributed by atoms with van der Waals surface area (Å²) in [6.45, 7) is 5.95. The zero-order valence-electron chi connectivity index (χ0n) is 6.30. The summed E-state index contributed by atoms with van der Waals surface area (Å²) in [4.78, 5) is 0. The van der Waals surface area contributed by atoms with Crippen LogP contribution >= 0.6 is 0 Å². The summed E-state index contributed by atoms with van der Waals surface area (Å²) in [6, 6.07) is 8.31. The van der Waals surface area contributed by atoms with Crippen LogP contribution in [-0.2, 0) is 39.1 Å². The standard InChI is InChI=1S/C9H11.Y/c1-3-9-6-4-8(2)5-7-9;/h4-7H,2-3H2,1H3;/q-1;. The van der Waals surface area contributed by atoms with Gasteiger partial charge in [0.15, 0.2) is 0 Å². The molecule has 0 atom stereocenters. The van der Waals surface area contributed by atoms with Gasteiger partial charge in [0, 0.05) is 32.7 Å². The second-order valence-corrected chi connectivity index (χ2v) is 2.17. The van der Waals surface area contributed by atoms with Crippen molar-refractivity contribution in [2.75, 3.05) is 0 Å². The van der Waals surface area contributed by atoms with Gasteiger partial charge in [0.1, 0.15) is 0 Å². The normalized spacial score (nSPS) is 8.50. The first-order valence-electron chi connectivity index (χ1n) is 3.24. The van der Waals surface area contributed by atoms with Crippen molar-refractivity contribution in [3.63, 3.8) is 0 Å². The SMILES string of the molecule is [CH2-]c1ccc(CC)cc1.[Y]. The van der Waals surface area contributed by atoms with Gasteiger partial charge in [0.25, 0.3) is 0 Å². The van der Waals surface area contributed by atoms with Gasteiger partial charge in [-0.3, -0.25) is 0 Å². The van der Waals surface area contributed by atoms with Gasteiger partial charge in [-0.15, -0.1) is 12.1 Å². The number of aryl methyl sites for hydroxylation is 1. The fraction of sp³-hybridized carbons (Fsp3) is 0.222. The maximum Gasteiger partial charge on any atom is 0 e. The van der Waals surface area contributed by atoms with Gasteiger partial charge < -0.3 is 0 Å². The Kier molecular flexibility index (Phi) is 5.02. The third-order valence-electron chi connectivity index (χ3n) is 1.43. The van der Waals surface area contributed by atoms with E-state index < -0.39 is 0 Å². The maximum absolute atomic E-state index is 3.80. The van der Waals surface area contributed by atoms with Crippen LogP contribution in [0.3, 0.4) is 0 Å². The van der Waals surface area contributed by atoms with Crippen LogP contribution < -0.4 is 0 Å². The molecule has 0 saturated heterocycles. The molecule has 0 unspecified atom stereocenters. The van der Waals surface area contributed by atoms with Gasteiger partial charge >= 0.3 is 0 Å². The predicted octanol–water partition coefficient (Wildman–Crippen LogP) is 2.43. The van der Waals surface area contributed by atoms with Gasteiger partial charge in [-0.05, 0) is 6.42 Å². The van der Waals surface area contributed by atoms with E-state index in [9.17, 15) is 0 Å². The van der Waals surface area contributed by atoms with E-state index >= 15 is 0 Å². The van der Waals surface area contributed by atoms with Gasteiger partial charge in [-0.1, -0.05) is 12.5 Å². The van der Waals surface area contributed by atoms with Crippen LogP contribution in [0.15, 0.2) is 24.3 Å². The molecule has 0 aliphatic rings. The minimum Gasteiger partial charge on any atom is -0.199 e.